The molecule has 7 nitrogen and oxygen atoms in total. The largest absolute Gasteiger partial charge is 0.573 e. The lowest BCUT2D eigenvalue weighted by atomic mass is 10.2. The van der Waals surface area contributed by atoms with Crippen LogP contribution in [0.4, 0.5) is 18.0 Å². The molecule has 1 N–H and O–H groups in total. The number of unbranched alkanes of at least 4 members (excludes halogenated alkanes) is 3. The molecule has 29 heavy (non-hydrogen) atoms. The van der Waals surface area contributed by atoms with Crippen molar-refractivity contribution in [1.29, 1.82) is 0 Å². The van der Waals surface area contributed by atoms with Crippen molar-refractivity contribution >= 4 is 16.1 Å². The van der Waals surface area contributed by atoms with E-state index in [-0.39, 0.29) is 37.1 Å². The number of rotatable bonds is 8. The minimum Gasteiger partial charge on any atom is -0.406 e. The second-order valence-electron chi connectivity index (χ2n) is 6.70. The average Bonchev–Trinajstić information content (AvgIpc) is 2.67. The fraction of sp³-hybridized carbons (Fsp3) is 0.611. The van der Waals surface area contributed by atoms with Crippen molar-refractivity contribution < 1.29 is 31.1 Å². The molecule has 0 saturated carbocycles. The van der Waals surface area contributed by atoms with Gasteiger partial charge >= 0.3 is 12.4 Å². The summed E-state index contributed by atoms with van der Waals surface area (Å²) in [5, 5.41) is 2.83. The van der Waals surface area contributed by atoms with Gasteiger partial charge in [-0.15, -0.1) is 13.2 Å². The van der Waals surface area contributed by atoms with Crippen LogP contribution in [-0.2, 0) is 10.0 Å². The Hall–Kier alpha value is -2.01. The summed E-state index contributed by atoms with van der Waals surface area (Å²) in [4.78, 5) is 13.6. The molecule has 164 valence electrons. The van der Waals surface area contributed by atoms with Gasteiger partial charge in [0.05, 0.1) is 4.90 Å². The Morgan fingerprint density at radius 2 is 1.69 bits per heavy atom. The number of nitrogens with one attached hydrogen (secondary N) is 1. The number of alkyl halides is 3. The van der Waals surface area contributed by atoms with Crippen LogP contribution >= 0.6 is 0 Å². The number of benzene rings is 1. The van der Waals surface area contributed by atoms with Gasteiger partial charge in [-0.1, -0.05) is 26.2 Å². The average molecular weight is 437 g/mol. The van der Waals surface area contributed by atoms with Crippen LogP contribution in [0.15, 0.2) is 29.2 Å². The lowest BCUT2D eigenvalue weighted by Crippen LogP contribution is -2.53. The Morgan fingerprint density at radius 1 is 1.07 bits per heavy atom. The number of carbonyl (C=O) groups is 1. The summed E-state index contributed by atoms with van der Waals surface area (Å²) in [6.45, 7) is 3.42. The van der Waals surface area contributed by atoms with E-state index in [2.05, 4.69) is 17.0 Å². The van der Waals surface area contributed by atoms with Gasteiger partial charge < -0.3 is 15.0 Å². The summed E-state index contributed by atoms with van der Waals surface area (Å²) in [6, 6.07) is 3.86. The van der Waals surface area contributed by atoms with E-state index in [1.54, 1.807) is 4.90 Å². The summed E-state index contributed by atoms with van der Waals surface area (Å²) in [7, 11) is -3.86. The normalized spacial score (nSPS) is 15.9. The molecule has 0 aliphatic carbocycles. The van der Waals surface area contributed by atoms with E-state index in [9.17, 15) is 26.4 Å². The molecule has 2 amide bonds. The lowest BCUT2D eigenvalue weighted by Gasteiger charge is -2.34. The quantitative estimate of drug-likeness (QED) is 0.634. The van der Waals surface area contributed by atoms with Gasteiger partial charge in [-0.2, -0.15) is 4.31 Å². The van der Waals surface area contributed by atoms with Crippen molar-refractivity contribution in [1.82, 2.24) is 14.5 Å². The molecule has 2 rings (SSSR count). The predicted molar refractivity (Wildman–Crippen MR) is 101 cm³/mol. The molecular formula is C18H26F3N3O4S. The van der Waals surface area contributed by atoms with Gasteiger partial charge in [0.25, 0.3) is 0 Å². The molecule has 0 aromatic heterocycles. The molecule has 1 aromatic rings. The standard InChI is InChI=1S/C18H26F3N3O4S/c1-2-3-4-5-10-22-17(25)23-11-13-24(14-12-23)29(26,27)16-8-6-15(7-9-16)28-18(19,20)21/h6-9H,2-5,10-14H2,1H3,(H,22,25). The van der Waals surface area contributed by atoms with Gasteiger partial charge in [-0.3, -0.25) is 0 Å². The zero-order chi connectivity index (χ0) is 21.5. The number of urea groups is 1. The molecule has 1 saturated heterocycles. The highest BCUT2D eigenvalue weighted by molar-refractivity contribution is 7.89. The summed E-state index contributed by atoms with van der Waals surface area (Å²) < 4.78 is 67.0. The second-order valence-corrected chi connectivity index (χ2v) is 8.64. The van der Waals surface area contributed by atoms with Crippen LogP contribution in [0.1, 0.15) is 32.6 Å². The Bertz CT molecular complexity index is 762. The number of ether oxygens (including phenoxy) is 1. The Labute approximate surface area is 168 Å². The number of carbonyl (C=O) groups excluding carboxylic acids is 1. The third-order valence-corrected chi connectivity index (χ3v) is 6.44. The molecule has 0 bridgehead atoms. The SMILES string of the molecule is CCCCCCNC(=O)N1CCN(S(=O)(=O)c2ccc(OC(F)(F)F)cc2)CC1. The Balaban J connectivity index is 1.87. The van der Waals surface area contributed by atoms with Crippen LogP contribution in [0.3, 0.4) is 0 Å². The summed E-state index contributed by atoms with van der Waals surface area (Å²) in [5.41, 5.74) is 0. The number of sulfonamides is 1. The van der Waals surface area contributed by atoms with Crippen LogP contribution in [0.25, 0.3) is 0 Å². The maximum atomic E-state index is 12.7. The maximum absolute atomic E-state index is 12.7. The van der Waals surface area contributed by atoms with Gasteiger partial charge in [0.1, 0.15) is 5.75 Å². The van der Waals surface area contributed by atoms with Crippen LogP contribution in [0.5, 0.6) is 5.75 Å². The number of halogens is 3. The van der Waals surface area contributed by atoms with Gasteiger partial charge in [-0.05, 0) is 30.7 Å². The minimum absolute atomic E-state index is 0.117. The van der Waals surface area contributed by atoms with E-state index < -0.39 is 22.1 Å². The molecule has 1 aliphatic rings. The molecule has 1 heterocycles. The van der Waals surface area contributed by atoms with Crippen LogP contribution in [-0.4, -0.2) is 62.7 Å². The first-order valence-electron chi connectivity index (χ1n) is 9.52. The highest BCUT2D eigenvalue weighted by Gasteiger charge is 2.32. The monoisotopic (exact) mass is 437 g/mol. The van der Waals surface area contributed by atoms with Crippen LogP contribution in [0, 0.1) is 0 Å². The number of amides is 2. The van der Waals surface area contributed by atoms with Gasteiger partial charge in [0, 0.05) is 32.7 Å². The summed E-state index contributed by atoms with van der Waals surface area (Å²) in [5.74, 6) is -0.489. The van der Waals surface area contributed by atoms with E-state index in [0.717, 1.165) is 49.9 Å². The van der Waals surface area contributed by atoms with E-state index in [1.165, 1.54) is 4.31 Å². The first-order chi connectivity index (χ1) is 13.6. The van der Waals surface area contributed by atoms with E-state index >= 15 is 0 Å². The topological polar surface area (TPSA) is 79.0 Å². The molecule has 1 aromatic carbocycles. The van der Waals surface area contributed by atoms with Crippen molar-refractivity contribution in [3.05, 3.63) is 24.3 Å². The van der Waals surface area contributed by atoms with E-state index in [1.807, 2.05) is 0 Å². The predicted octanol–water partition coefficient (Wildman–Crippen LogP) is 3.18. The fourth-order valence-electron chi connectivity index (χ4n) is 2.95. The Morgan fingerprint density at radius 3 is 2.24 bits per heavy atom. The number of piperazine rings is 1. The van der Waals surface area contributed by atoms with E-state index in [0.29, 0.717) is 6.54 Å². The van der Waals surface area contributed by atoms with Crippen LogP contribution < -0.4 is 10.1 Å². The highest BCUT2D eigenvalue weighted by Crippen LogP contribution is 2.25. The molecule has 1 aliphatic heterocycles. The fourth-order valence-corrected chi connectivity index (χ4v) is 4.37. The number of nitrogens with zero attached hydrogens (tertiary/aromatic N) is 2. The van der Waals surface area contributed by atoms with Gasteiger partial charge in [0.15, 0.2) is 0 Å². The van der Waals surface area contributed by atoms with Crippen molar-refractivity contribution in [2.75, 3.05) is 32.7 Å². The third kappa shape index (κ3) is 7.07. The van der Waals surface area contributed by atoms with Crippen molar-refractivity contribution in [2.24, 2.45) is 0 Å². The number of hydrogen-bond acceptors (Lipinski definition) is 4. The summed E-state index contributed by atoms with van der Waals surface area (Å²) >= 11 is 0. The first kappa shape index (κ1) is 23.3. The van der Waals surface area contributed by atoms with Gasteiger partial charge in [-0.25, -0.2) is 13.2 Å². The Kier molecular flexibility index (Phi) is 8.14. The maximum Gasteiger partial charge on any atom is 0.573 e. The second kappa shape index (κ2) is 10.1. The van der Waals surface area contributed by atoms with Gasteiger partial charge in [0.2, 0.25) is 10.0 Å². The molecular weight excluding hydrogens is 411 g/mol. The molecule has 0 unspecified atom stereocenters. The van der Waals surface area contributed by atoms with E-state index in [4.69, 9.17) is 0 Å². The third-order valence-electron chi connectivity index (χ3n) is 4.53. The van der Waals surface area contributed by atoms with Crippen molar-refractivity contribution in [2.45, 2.75) is 43.9 Å². The molecule has 0 spiro atoms. The molecule has 11 heteroatoms. The highest BCUT2D eigenvalue weighted by atomic mass is 32.2. The van der Waals surface area contributed by atoms with Crippen molar-refractivity contribution in [3.63, 3.8) is 0 Å². The molecule has 0 atom stereocenters. The van der Waals surface area contributed by atoms with Crippen LogP contribution in [0.2, 0.25) is 0 Å². The smallest absolute Gasteiger partial charge is 0.406 e. The summed E-state index contributed by atoms with van der Waals surface area (Å²) in [6.07, 6.45) is -0.650. The number of hydrogen-bond donors (Lipinski definition) is 1. The van der Waals surface area contributed by atoms with Crippen molar-refractivity contribution in [3.8, 4) is 5.75 Å². The zero-order valence-electron chi connectivity index (χ0n) is 16.2. The zero-order valence-corrected chi connectivity index (χ0v) is 17.1. The molecule has 0 radical (unpaired) electrons. The minimum atomic E-state index is -4.84. The first-order valence-corrected chi connectivity index (χ1v) is 11.0. The lowest BCUT2D eigenvalue weighted by molar-refractivity contribution is -0.274. The molecule has 1 fully saturated rings.